The van der Waals surface area contributed by atoms with E-state index in [0.29, 0.717) is 33.9 Å². The summed E-state index contributed by atoms with van der Waals surface area (Å²) in [6.45, 7) is 7.31. The third-order valence-corrected chi connectivity index (χ3v) is 6.91. The first kappa shape index (κ1) is 25.4. The third kappa shape index (κ3) is 7.41. The molecular formula is C26H31ClN6OS. The van der Waals surface area contributed by atoms with E-state index in [-0.39, 0.29) is 5.92 Å². The van der Waals surface area contributed by atoms with Crippen LogP contribution in [0.2, 0.25) is 5.02 Å². The van der Waals surface area contributed by atoms with E-state index in [4.69, 9.17) is 31.7 Å². The van der Waals surface area contributed by atoms with E-state index < -0.39 is 0 Å². The fourth-order valence-electron chi connectivity index (χ4n) is 3.82. The molecule has 1 saturated heterocycles. The maximum absolute atomic E-state index is 8.09. The Labute approximate surface area is 216 Å². The molecule has 1 aromatic heterocycles. The molecule has 7 nitrogen and oxygen atoms in total. The molecule has 0 aliphatic carbocycles. The highest BCUT2D eigenvalue weighted by Gasteiger charge is 2.16. The van der Waals surface area contributed by atoms with Crippen LogP contribution >= 0.6 is 23.4 Å². The number of benzene rings is 2. The monoisotopic (exact) mass is 510 g/mol. The largest absolute Gasteiger partial charge is 0.379 e. The number of rotatable bonds is 11. The maximum Gasteiger partial charge on any atom is 0.191 e. The Balaban J connectivity index is 1.54. The van der Waals surface area contributed by atoms with Crippen LogP contribution < -0.4 is 10.6 Å². The molecule has 0 spiro atoms. The van der Waals surface area contributed by atoms with Gasteiger partial charge in [0, 0.05) is 48.9 Å². The van der Waals surface area contributed by atoms with Crippen molar-refractivity contribution < 1.29 is 4.74 Å². The summed E-state index contributed by atoms with van der Waals surface area (Å²) in [6.07, 6.45) is 1.30. The van der Waals surface area contributed by atoms with Gasteiger partial charge in [-0.2, -0.15) is 0 Å². The number of hydrogen-bond acceptors (Lipinski definition) is 8. The second-order valence-electron chi connectivity index (χ2n) is 8.39. The molecule has 0 bridgehead atoms. The second kappa shape index (κ2) is 12.9. The predicted octanol–water partition coefficient (Wildman–Crippen LogP) is 5.51. The first-order valence-corrected chi connectivity index (χ1v) is 13.2. The van der Waals surface area contributed by atoms with Crippen molar-refractivity contribution in [1.29, 1.82) is 5.41 Å². The number of hydrogen-bond donors (Lipinski definition) is 3. The number of anilines is 3. The molecule has 3 aromatic rings. The number of aromatic nitrogens is 2. The lowest BCUT2D eigenvalue weighted by atomic mass is 10.0. The van der Waals surface area contributed by atoms with E-state index in [9.17, 15) is 0 Å². The molecule has 184 valence electrons. The zero-order valence-corrected chi connectivity index (χ0v) is 21.4. The van der Waals surface area contributed by atoms with E-state index in [1.807, 2.05) is 30.3 Å². The van der Waals surface area contributed by atoms with E-state index in [1.165, 1.54) is 11.8 Å². The van der Waals surface area contributed by atoms with Crippen molar-refractivity contribution in [2.24, 2.45) is 0 Å². The average Bonchev–Trinajstić information content (AvgIpc) is 2.88. The molecule has 4 rings (SSSR count). The molecule has 0 radical (unpaired) electrons. The van der Waals surface area contributed by atoms with Gasteiger partial charge in [0.05, 0.1) is 18.8 Å². The maximum atomic E-state index is 8.09. The molecule has 0 amide bonds. The van der Waals surface area contributed by atoms with E-state index >= 15 is 0 Å². The SMILES string of the molecule is CC(CNc1nc(SCCN2CCOCC2)nc(Nc2cccc(Cl)c2)c1C=N)c1ccccc1. The summed E-state index contributed by atoms with van der Waals surface area (Å²) in [5.41, 5.74) is 2.68. The normalized spacial score (nSPS) is 14.9. The lowest BCUT2D eigenvalue weighted by Crippen LogP contribution is -2.37. The zero-order valence-electron chi connectivity index (χ0n) is 19.8. The summed E-state index contributed by atoms with van der Waals surface area (Å²) in [5, 5.41) is 16.2. The molecule has 2 heterocycles. The lowest BCUT2D eigenvalue weighted by molar-refractivity contribution is 0.0410. The summed E-state index contributed by atoms with van der Waals surface area (Å²) in [7, 11) is 0. The molecule has 1 fully saturated rings. The van der Waals surface area contributed by atoms with Crippen LogP contribution in [0.5, 0.6) is 0 Å². The van der Waals surface area contributed by atoms with Crippen molar-refractivity contribution in [3.8, 4) is 0 Å². The number of thioether (sulfide) groups is 1. The molecule has 0 saturated carbocycles. The molecule has 1 aliphatic rings. The lowest BCUT2D eigenvalue weighted by Gasteiger charge is -2.26. The Kier molecular flexibility index (Phi) is 9.36. The average molecular weight is 511 g/mol. The standard InChI is InChI=1S/C26H31ClN6OS/c1-19(20-6-3-2-4-7-20)18-29-24-23(17-28)25(30-22-9-5-8-21(27)16-22)32-26(31-24)35-15-12-33-10-13-34-14-11-33/h2-9,16-17,19,28H,10-15,18H2,1H3,(H2,29,30,31,32). The van der Waals surface area contributed by atoms with Gasteiger partial charge in [0.15, 0.2) is 5.16 Å². The van der Waals surface area contributed by atoms with Crippen molar-refractivity contribution in [2.45, 2.75) is 18.0 Å². The zero-order chi connectivity index (χ0) is 24.5. The fraction of sp³-hybridized carbons (Fsp3) is 0.346. The number of nitrogens with zero attached hydrogens (tertiary/aromatic N) is 3. The topological polar surface area (TPSA) is 86.2 Å². The predicted molar refractivity (Wildman–Crippen MR) is 146 cm³/mol. The summed E-state index contributed by atoms with van der Waals surface area (Å²) in [4.78, 5) is 11.9. The van der Waals surface area contributed by atoms with Crippen LogP contribution in [0.15, 0.2) is 59.8 Å². The Morgan fingerprint density at radius 2 is 1.89 bits per heavy atom. The van der Waals surface area contributed by atoms with Crippen LogP contribution in [0.3, 0.4) is 0 Å². The molecule has 2 aromatic carbocycles. The molecule has 3 N–H and O–H groups in total. The van der Waals surface area contributed by atoms with Gasteiger partial charge < -0.3 is 20.8 Å². The van der Waals surface area contributed by atoms with Crippen molar-refractivity contribution in [1.82, 2.24) is 14.9 Å². The molecule has 1 aliphatic heterocycles. The van der Waals surface area contributed by atoms with Gasteiger partial charge in [0.1, 0.15) is 11.6 Å². The van der Waals surface area contributed by atoms with Crippen LogP contribution in [0.4, 0.5) is 17.3 Å². The highest BCUT2D eigenvalue weighted by molar-refractivity contribution is 7.99. The molecular weight excluding hydrogens is 480 g/mol. The molecule has 1 atom stereocenters. The Morgan fingerprint density at radius 3 is 2.63 bits per heavy atom. The second-order valence-corrected chi connectivity index (χ2v) is 9.89. The van der Waals surface area contributed by atoms with Crippen molar-refractivity contribution in [2.75, 3.05) is 55.8 Å². The minimum Gasteiger partial charge on any atom is -0.379 e. The van der Waals surface area contributed by atoms with Crippen molar-refractivity contribution in [3.05, 3.63) is 70.7 Å². The highest BCUT2D eigenvalue weighted by Crippen LogP contribution is 2.28. The summed E-state index contributed by atoms with van der Waals surface area (Å²) in [6, 6.07) is 17.9. The van der Waals surface area contributed by atoms with Gasteiger partial charge in [-0.05, 0) is 29.7 Å². The van der Waals surface area contributed by atoms with Gasteiger partial charge in [-0.25, -0.2) is 9.97 Å². The smallest absolute Gasteiger partial charge is 0.191 e. The molecule has 9 heteroatoms. The summed E-state index contributed by atoms with van der Waals surface area (Å²) >= 11 is 7.80. The molecule has 1 unspecified atom stereocenters. The van der Waals surface area contributed by atoms with Crippen molar-refractivity contribution in [3.63, 3.8) is 0 Å². The van der Waals surface area contributed by atoms with Crippen LogP contribution in [0.1, 0.15) is 24.0 Å². The van der Waals surface area contributed by atoms with Gasteiger partial charge in [0.25, 0.3) is 0 Å². The quantitative estimate of drug-likeness (QED) is 0.178. The van der Waals surface area contributed by atoms with Gasteiger partial charge in [-0.15, -0.1) is 0 Å². The van der Waals surface area contributed by atoms with Crippen LogP contribution in [-0.4, -0.2) is 66.2 Å². The van der Waals surface area contributed by atoms with Crippen LogP contribution in [0.25, 0.3) is 0 Å². The molecule has 35 heavy (non-hydrogen) atoms. The Bertz CT molecular complexity index is 1110. The van der Waals surface area contributed by atoms with E-state index in [1.54, 1.807) is 11.8 Å². The fourth-order valence-corrected chi connectivity index (χ4v) is 4.86. The first-order valence-electron chi connectivity index (χ1n) is 11.8. The van der Waals surface area contributed by atoms with Gasteiger partial charge in [0.2, 0.25) is 0 Å². The first-order chi connectivity index (χ1) is 17.1. The Morgan fingerprint density at radius 1 is 1.11 bits per heavy atom. The van der Waals surface area contributed by atoms with Gasteiger partial charge in [-0.1, -0.05) is 66.7 Å². The van der Waals surface area contributed by atoms with Crippen LogP contribution in [-0.2, 0) is 4.74 Å². The van der Waals surface area contributed by atoms with Gasteiger partial charge >= 0.3 is 0 Å². The summed E-state index contributed by atoms with van der Waals surface area (Å²) < 4.78 is 5.44. The number of morpholine rings is 1. The van der Waals surface area contributed by atoms with E-state index in [0.717, 1.165) is 44.3 Å². The highest BCUT2D eigenvalue weighted by atomic mass is 35.5. The minimum atomic E-state index is 0.284. The van der Waals surface area contributed by atoms with Crippen molar-refractivity contribution >= 4 is 46.9 Å². The Hall–Kier alpha value is -2.65. The van der Waals surface area contributed by atoms with Gasteiger partial charge in [-0.3, -0.25) is 4.90 Å². The number of halogens is 1. The number of nitrogens with one attached hydrogen (secondary N) is 3. The van der Waals surface area contributed by atoms with Crippen LogP contribution in [0, 0.1) is 5.41 Å². The minimum absolute atomic E-state index is 0.284. The number of ether oxygens (including phenoxy) is 1. The summed E-state index contributed by atoms with van der Waals surface area (Å²) in [5.74, 6) is 2.39. The van der Waals surface area contributed by atoms with E-state index in [2.05, 4.69) is 46.7 Å². The third-order valence-electron chi connectivity index (χ3n) is 5.84.